The normalized spacial score (nSPS) is 22.3. The van der Waals surface area contributed by atoms with Gasteiger partial charge in [-0.2, -0.15) is 0 Å². The smallest absolute Gasteiger partial charge is 0.0904 e. The molecule has 0 bridgehead atoms. The van der Waals surface area contributed by atoms with Gasteiger partial charge in [0.05, 0.1) is 17.8 Å². The Balaban J connectivity index is 2.27. The molecule has 1 rings (SSSR count). The minimum Gasteiger partial charge on any atom is -0.390 e. The summed E-state index contributed by atoms with van der Waals surface area (Å²) in [5.74, 6) is 0. The van der Waals surface area contributed by atoms with Gasteiger partial charge >= 0.3 is 0 Å². The third kappa shape index (κ3) is 4.78. The van der Waals surface area contributed by atoms with Gasteiger partial charge in [0, 0.05) is 26.7 Å². The highest BCUT2D eigenvalue weighted by Crippen LogP contribution is 2.23. The van der Waals surface area contributed by atoms with Gasteiger partial charge in [0.2, 0.25) is 0 Å². The van der Waals surface area contributed by atoms with Crippen LogP contribution in [0.15, 0.2) is 0 Å². The largest absolute Gasteiger partial charge is 0.390 e. The average molecular weight is 231 g/mol. The first-order valence-corrected chi connectivity index (χ1v) is 6.01. The molecule has 1 saturated heterocycles. The van der Waals surface area contributed by atoms with E-state index in [1.807, 2.05) is 13.8 Å². The molecule has 96 valence electrons. The molecule has 4 heteroatoms. The van der Waals surface area contributed by atoms with Crippen molar-refractivity contribution in [1.82, 2.24) is 4.90 Å². The first-order valence-electron chi connectivity index (χ1n) is 6.01. The van der Waals surface area contributed by atoms with Gasteiger partial charge in [0.25, 0.3) is 0 Å². The van der Waals surface area contributed by atoms with E-state index >= 15 is 0 Å². The summed E-state index contributed by atoms with van der Waals surface area (Å²) in [5.41, 5.74) is -1.24. The maximum atomic E-state index is 10.1. The highest BCUT2D eigenvalue weighted by molar-refractivity contribution is 4.86. The van der Waals surface area contributed by atoms with Crippen LogP contribution in [0.25, 0.3) is 0 Å². The number of likely N-dealkylation sites (tertiary alicyclic amines) is 1. The van der Waals surface area contributed by atoms with Crippen molar-refractivity contribution < 1.29 is 14.9 Å². The second kappa shape index (κ2) is 5.45. The van der Waals surface area contributed by atoms with Crippen LogP contribution in [-0.2, 0) is 4.74 Å². The number of ether oxygens (including phenoxy) is 1. The second-order valence-corrected chi connectivity index (χ2v) is 5.56. The minimum absolute atomic E-state index is 0.423. The molecular formula is C12H25NO3. The summed E-state index contributed by atoms with van der Waals surface area (Å²) in [4.78, 5) is 2.29. The van der Waals surface area contributed by atoms with E-state index in [0.717, 1.165) is 38.9 Å². The lowest BCUT2D eigenvalue weighted by molar-refractivity contribution is -0.0728. The van der Waals surface area contributed by atoms with E-state index in [-0.39, 0.29) is 0 Å². The Morgan fingerprint density at radius 1 is 1.31 bits per heavy atom. The Kier molecular flexibility index (Phi) is 4.73. The van der Waals surface area contributed by atoms with Crippen LogP contribution in [0.4, 0.5) is 0 Å². The van der Waals surface area contributed by atoms with Crippen molar-refractivity contribution in [2.24, 2.45) is 0 Å². The molecule has 0 aromatic carbocycles. The molecule has 0 spiro atoms. The van der Waals surface area contributed by atoms with E-state index < -0.39 is 11.2 Å². The Morgan fingerprint density at radius 2 is 1.88 bits per heavy atom. The summed E-state index contributed by atoms with van der Waals surface area (Å²) in [5, 5.41) is 19.8. The predicted octanol–water partition coefficient (Wildman–Crippen LogP) is 0.621. The van der Waals surface area contributed by atoms with Crippen molar-refractivity contribution in [2.75, 3.05) is 33.4 Å². The first-order chi connectivity index (χ1) is 7.35. The van der Waals surface area contributed by atoms with Crippen molar-refractivity contribution in [2.45, 2.75) is 44.3 Å². The number of hydrogen-bond acceptors (Lipinski definition) is 4. The molecule has 0 amide bonds. The summed E-state index contributed by atoms with van der Waals surface area (Å²) >= 11 is 0. The second-order valence-electron chi connectivity index (χ2n) is 5.56. The van der Waals surface area contributed by atoms with E-state index in [2.05, 4.69) is 4.90 Å². The zero-order valence-corrected chi connectivity index (χ0v) is 10.7. The van der Waals surface area contributed by atoms with Gasteiger partial charge in [0.1, 0.15) is 0 Å². The lowest BCUT2D eigenvalue weighted by Gasteiger charge is -2.38. The van der Waals surface area contributed by atoms with Crippen LogP contribution in [0.3, 0.4) is 0 Å². The van der Waals surface area contributed by atoms with Crippen LogP contribution in [0.2, 0.25) is 0 Å². The monoisotopic (exact) mass is 231 g/mol. The molecule has 16 heavy (non-hydrogen) atoms. The van der Waals surface area contributed by atoms with E-state index in [1.54, 1.807) is 7.11 Å². The van der Waals surface area contributed by atoms with Crippen LogP contribution in [0.5, 0.6) is 0 Å². The first kappa shape index (κ1) is 13.9. The van der Waals surface area contributed by atoms with Crippen molar-refractivity contribution in [3.8, 4) is 0 Å². The average Bonchev–Trinajstić information content (AvgIpc) is 2.16. The summed E-state index contributed by atoms with van der Waals surface area (Å²) in [6.45, 7) is 6.75. The summed E-state index contributed by atoms with van der Waals surface area (Å²) < 4.78 is 5.03. The standard InChI is InChI=1S/C12H25NO3/c1-11(2,14)4-7-13-8-5-12(15,6-9-13)10-16-3/h14-15H,4-10H2,1-3H3. The van der Waals surface area contributed by atoms with Crippen LogP contribution in [0.1, 0.15) is 33.1 Å². The minimum atomic E-state index is -0.639. The van der Waals surface area contributed by atoms with Crippen LogP contribution in [-0.4, -0.2) is 59.7 Å². The molecule has 0 aliphatic carbocycles. The van der Waals surface area contributed by atoms with Crippen molar-refractivity contribution in [3.05, 3.63) is 0 Å². The quantitative estimate of drug-likeness (QED) is 0.728. The Bertz CT molecular complexity index is 205. The Morgan fingerprint density at radius 3 is 2.31 bits per heavy atom. The lowest BCUT2D eigenvalue weighted by Crippen LogP contribution is -2.47. The SMILES string of the molecule is COCC1(O)CCN(CCC(C)(C)O)CC1. The van der Waals surface area contributed by atoms with Gasteiger partial charge in [-0.25, -0.2) is 0 Å². The van der Waals surface area contributed by atoms with E-state index in [1.165, 1.54) is 0 Å². The van der Waals surface area contributed by atoms with Crippen molar-refractivity contribution >= 4 is 0 Å². The van der Waals surface area contributed by atoms with E-state index in [4.69, 9.17) is 4.74 Å². The predicted molar refractivity (Wildman–Crippen MR) is 63.4 cm³/mol. The van der Waals surface area contributed by atoms with Gasteiger partial charge in [-0.05, 0) is 33.1 Å². The molecule has 0 saturated carbocycles. The number of rotatable bonds is 5. The van der Waals surface area contributed by atoms with Crippen LogP contribution < -0.4 is 0 Å². The topological polar surface area (TPSA) is 52.9 Å². The fourth-order valence-electron chi connectivity index (χ4n) is 2.04. The lowest BCUT2D eigenvalue weighted by atomic mass is 9.92. The highest BCUT2D eigenvalue weighted by atomic mass is 16.5. The number of methoxy groups -OCH3 is 1. The van der Waals surface area contributed by atoms with Crippen molar-refractivity contribution in [3.63, 3.8) is 0 Å². The molecule has 0 radical (unpaired) electrons. The molecule has 0 unspecified atom stereocenters. The van der Waals surface area contributed by atoms with Gasteiger partial charge in [-0.15, -0.1) is 0 Å². The van der Waals surface area contributed by atoms with Gasteiger partial charge in [-0.1, -0.05) is 0 Å². The molecule has 4 nitrogen and oxygen atoms in total. The number of piperidine rings is 1. The molecule has 1 aliphatic heterocycles. The molecule has 0 atom stereocenters. The number of aliphatic hydroxyl groups is 2. The highest BCUT2D eigenvalue weighted by Gasteiger charge is 2.32. The van der Waals surface area contributed by atoms with E-state index in [0.29, 0.717) is 6.61 Å². The summed E-state index contributed by atoms with van der Waals surface area (Å²) in [6, 6.07) is 0. The zero-order valence-electron chi connectivity index (χ0n) is 10.7. The van der Waals surface area contributed by atoms with Gasteiger partial charge < -0.3 is 19.8 Å². The fourth-order valence-corrected chi connectivity index (χ4v) is 2.04. The molecular weight excluding hydrogens is 206 g/mol. The summed E-state index contributed by atoms with van der Waals surface area (Å²) in [6.07, 6.45) is 2.29. The third-order valence-electron chi connectivity index (χ3n) is 3.24. The third-order valence-corrected chi connectivity index (χ3v) is 3.24. The molecule has 0 aromatic heterocycles. The summed E-state index contributed by atoms with van der Waals surface area (Å²) in [7, 11) is 1.62. The molecule has 1 fully saturated rings. The van der Waals surface area contributed by atoms with Gasteiger partial charge in [0.15, 0.2) is 0 Å². The van der Waals surface area contributed by atoms with Gasteiger partial charge in [-0.3, -0.25) is 0 Å². The maximum Gasteiger partial charge on any atom is 0.0904 e. The zero-order chi connectivity index (χ0) is 12.2. The van der Waals surface area contributed by atoms with Crippen molar-refractivity contribution in [1.29, 1.82) is 0 Å². The molecule has 1 heterocycles. The molecule has 2 N–H and O–H groups in total. The Hall–Kier alpha value is -0.160. The maximum absolute atomic E-state index is 10.1. The fraction of sp³-hybridized carbons (Fsp3) is 1.00. The van der Waals surface area contributed by atoms with Crippen LogP contribution >= 0.6 is 0 Å². The van der Waals surface area contributed by atoms with Crippen LogP contribution in [0, 0.1) is 0 Å². The molecule has 1 aliphatic rings. The van der Waals surface area contributed by atoms with E-state index in [9.17, 15) is 10.2 Å². The number of hydrogen-bond donors (Lipinski definition) is 2. The number of nitrogens with zero attached hydrogens (tertiary/aromatic N) is 1. The Labute approximate surface area is 98.2 Å². The molecule has 0 aromatic rings.